The average molecular weight is 466 g/mol. The summed E-state index contributed by atoms with van der Waals surface area (Å²) in [4.78, 5) is 52.0. The number of aromatic amines is 1. The number of esters is 2. The zero-order valence-corrected chi connectivity index (χ0v) is 18.4. The van der Waals surface area contributed by atoms with Gasteiger partial charge < -0.3 is 29.5 Å². The van der Waals surface area contributed by atoms with Crippen LogP contribution in [0.2, 0.25) is 0 Å². The predicted octanol–water partition coefficient (Wildman–Crippen LogP) is 2.10. The molecular weight excluding hydrogens is 444 g/mol. The largest absolute Gasteiger partial charge is 0.467 e. The molecule has 3 aromatic rings. The lowest BCUT2D eigenvalue weighted by Crippen LogP contribution is -2.47. The highest BCUT2D eigenvalue weighted by Crippen LogP contribution is 2.28. The van der Waals surface area contributed by atoms with Gasteiger partial charge in [0.15, 0.2) is 0 Å². The zero-order chi connectivity index (χ0) is 24.2. The fourth-order valence-corrected chi connectivity index (χ4v) is 3.59. The van der Waals surface area contributed by atoms with Crippen LogP contribution in [-0.4, -0.2) is 40.7 Å². The molecule has 176 valence electrons. The molecule has 0 bridgehead atoms. The van der Waals surface area contributed by atoms with E-state index < -0.39 is 24.0 Å². The molecule has 11 nitrogen and oxygen atoms in total. The molecule has 3 N–H and O–H groups in total. The van der Waals surface area contributed by atoms with Crippen LogP contribution >= 0.6 is 0 Å². The lowest BCUT2D eigenvalue weighted by molar-refractivity contribution is -0.139. The number of hydrogen-bond donors (Lipinski definition) is 3. The van der Waals surface area contributed by atoms with Gasteiger partial charge in [-0.05, 0) is 50.2 Å². The zero-order valence-electron chi connectivity index (χ0n) is 18.4. The minimum absolute atomic E-state index is 0.0712. The lowest BCUT2D eigenvalue weighted by atomic mass is 10.0. The number of furan rings is 1. The van der Waals surface area contributed by atoms with Crippen molar-refractivity contribution in [2.24, 2.45) is 0 Å². The van der Waals surface area contributed by atoms with Crippen molar-refractivity contribution in [3.63, 3.8) is 0 Å². The van der Waals surface area contributed by atoms with E-state index in [-0.39, 0.29) is 35.7 Å². The van der Waals surface area contributed by atoms with Gasteiger partial charge in [-0.25, -0.2) is 19.2 Å². The molecule has 3 heterocycles. The minimum atomic E-state index is -0.904. The van der Waals surface area contributed by atoms with E-state index >= 15 is 0 Å². The second-order valence-electron chi connectivity index (χ2n) is 7.35. The number of nitrogens with zero attached hydrogens (tertiary/aromatic N) is 1. The highest BCUT2D eigenvalue weighted by Gasteiger charge is 2.35. The average Bonchev–Trinajstić information content (AvgIpc) is 3.47. The molecule has 0 saturated carbocycles. The molecule has 1 aliphatic heterocycles. The number of benzene rings is 1. The molecule has 2 amide bonds. The van der Waals surface area contributed by atoms with Gasteiger partial charge in [-0.15, -0.1) is 0 Å². The Morgan fingerprint density at radius 2 is 1.85 bits per heavy atom. The van der Waals surface area contributed by atoms with E-state index in [4.69, 9.17) is 13.9 Å². The molecule has 4 rings (SSSR count). The maximum Gasteiger partial charge on any atom is 0.338 e. The van der Waals surface area contributed by atoms with Gasteiger partial charge in [0, 0.05) is 11.9 Å². The van der Waals surface area contributed by atoms with E-state index in [1.165, 1.54) is 23.0 Å². The minimum Gasteiger partial charge on any atom is -0.467 e. The van der Waals surface area contributed by atoms with Gasteiger partial charge in [0.1, 0.15) is 18.4 Å². The van der Waals surface area contributed by atoms with Crippen molar-refractivity contribution >= 4 is 18.0 Å². The first-order valence-corrected chi connectivity index (χ1v) is 10.4. The summed E-state index contributed by atoms with van der Waals surface area (Å²) in [5, 5.41) is 5.13. The Bertz CT molecular complexity index is 1300. The summed E-state index contributed by atoms with van der Waals surface area (Å²) in [5.41, 5.74) is 1.39. The summed E-state index contributed by atoms with van der Waals surface area (Å²) in [5.74, 6) is -1.03. The number of nitrogens with one attached hydrogen (secondary N) is 3. The van der Waals surface area contributed by atoms with Crippen molar-refractivity contribution in [1.82, 2.24) is 20.2 Å². The quantitative estimate of drug-likeness (QED) is 0.452. The van der Waals surface area contributed by atoms with Gasteiger partial charge >= 0.3 is 23.7 Å². The van der Waals surface area contributed by atoms with E-state index in [2.05, 4.69) is 15.6 Å². The van der Waals surface area contributed by atoms with E-state index in [9.17, 15) is 19.2 Å². The molecule has 0 fully saturated rings. The van der Waals surface area contributed by atoms with Crippen molar-refractivity contribution in [2.45, 2.75) is 19.9 Å². The van der Waals surface area contributed by atoms with Gasteiger partial charge in [0.2, 0.25) is 0 Å². The van der Waals surface area contributed by atoms with Crippen LogP contribution in [0, 0.1) is 6.92 Å². The number of amides is 2. The maximum atomic E-state index is 12.7. The molecule has 11 heteroatoms. The Morgan fingerprint density at radius 3 is 2.47 bits per heavy atom. The predicted molar refractivity (Wildman–Crippen MR) is 118 cm³/mol. The van der Waals surface area contributed by atoms with Crippen molar-refractivity contribution in [3.8, 4) is 5.69 Å². The number of carbonyl (C=O) groups excluding carboxylic acids is 3. The summed E-state index contributed by atoms with van der Waals surface area (Å²) in [6.07, 6.45) is 3.00. The summed E-state index contributed by atoms with van der Waals surface area (Å²) in [6, 6.07) is 8.00. The number of rotatable bonds is 7. The smallest absolute Gasteiger partial charge is 0.338 e. The molecule has 1 atom stereocenters. The van der Waals surface area contributed by atoms with Crippen molar-refractivity contribution in [2.75, 3.05) is 13.2 Å². The topological polar surface area (TPSA) is 145 Å². The molecule has 0 radical (unpaired) electrons. The number of aromatic nitrogens is 2. The van der Waals surface area contributed by atoms with E-state index in [1.54, 1.807) is 44.3 Å². The van der Waals surface area contributed by atoms with Gasteiger partial charge in [-0.3, -0.25) is 4.57 Å². The summed E-state index contributed by atoms with van der Waals surface area (Å²) < 4.78 is 17.3. The SMILES string of the molecule is CCOC(=O)C1=C(COC(=O)c2ccc(-n3c(C)c[nH]c3=O)cc2)NC(=O)NC1c1ccco1. The molecule has 34 heavy (non-hydrogen) atoms. The molecular formula is C23H22N4O7. The Hall–Kier alpha value is -4.54. The number of aryl methyl sites for hydroxylation is 1. The number of urea groups is 1. The number of carbonyl (C=O) groups is 3. The lowest BCUT2D eigenvalue weighted by Gasteiger charge is -2.27. The maximum absolute atomic E-state index is 12.7. The highest BCUT2D eigenvalue weighted by atomic mass is 16.5. The first kappa shape index (κ1) is 22.6. The Labute approximate surface area is 193 Å². The summed E-state index contributed by atoms with van der Waals surface area (Å²) in [6.45, 7) is 3.17. The van der Waals surface area contributed by atoms with E-state index in [0.29, 0.717) is 17.1 Å². The molecule has 2 aromatic heterocycles. The summed E-state index contributed by atoms with van der Waals surface area (Å²) in [7, 11) is 0. The molecule has 1 aromatic carbocycles. The Balaban J connectivity index is 1.55. The van der Waals surface area contributed by atoms with Crippen LogP contribution in [0.1, 0.15) is 34.8 Å². The number of ether oxygens (including phenoxy) is 2. The van der Waals surface area contributed by atoms with Crippen LogP contribution in [0.15, 0.2) is 69.3 Å². The van der Waals surface area contributed by atoms with Crippen molar-refractivity contribution < 1.29 is 28.3 Å². The van der Waals surface area contributed by atoms with Gasteiger partial charge in [0.25, 0.3) is 0 Å². The van der Waals surface area contributed by atoms with Crippen LogP contribution in [0.25, 0.3) is 5.69 Å². The fourth-order valence-electron chi connectivity index (χ4n) is 3.59. The van der Waals surface area contributed by atoms with Crippen LogP contribution in [0.5, 0.6) is 0 Å². The Morgan fingerprint density at radius 1 is 1.09 bits per heavy atom. The van der Waals surface area contributed by atoms with Crippen LogP contribution < -0.4 is 16.3 Å². The second kappa shape index (κ2) is 9.53. The number of hydrogen-bond acceptors (Lipinski definition) is 7. The highest BCUT2D eigenvalue weighted by molar-refractivity contribution is 5.95. The third-order valence-corrected chi connectivity index (χ3v) is 5.15. The third-order valence-electron chi connectivity index (χ3n) is 5.15. The first-order valence-electron chi connectivity index (χ1n) is 10.4. The standard InChI is InChI=1S/C23H22N4O7/c1-3-32-21(29)18-16(25-22(30)26-19(18)17-5-4-10-33-17)12-34-20(28)14-6-8-15(9-7-14)27-13(2)11-24-23(27)31/h4-11,19H,3,12H2,1-2H3,(H,24,31)(H2,25,26,30). The van der Waals surface area contributed by atoms with Crippen LogP contribution in [0.4, 0.5) is 4.79 Å². The normalized spacial score (nSPS) is 15.5. The Kier molecular flexibility index (Phi) is 6.35. The van der Waals surface area contributed by atoms with Gasteiger partial charge in [0.05, 0.1) is 35.4 Å². The number of H-pyrrole nitrogens is 1. The van der Waals surface area contributed by atoms with Crippen molar-refractivity contribution in [1.29, 1.82) is 0 Å². The fraction of sp³-hybridized carbons (Fsp3) is 0.217. The van der Waals surface area contributed by atoms with E-state index in [0.717, 1.165) is 0 Å². The number of imidazole rings is 1. The monoisotopic (exact) mass is 466 g/mol. The third kappa shape index (κ3) is 4.49. The first-order chi connectivity index (χ1) is 16.4. The molecule has 0 aliphatic carbocycles. The molecule has 0 saturated heterocycles. The van der Waals surface area contributed by atoms with Crippen molar-refractivity contribution in [3.05, 3.63) is 87.6 Å². The molecule has 1 aliphatic rings. The second-order valence-corrected chi connectivity index (χ2v) is 7.35. The summed E-state index contributed by atoms with van der Waals surface area (Å²) >= 11 is 0. The van der Waals surface area contributed by atoms with E-state index in [1.807, 2.05) is 0 Å². The van der Waals surface area contributed by atoms with Gasteiger partial charge in [-0.2, -0.15) is 0 Å². The van der Waals surface area contributed by atoms with Crippen LogP contribution in [0.3, 0.4) is 0 Å². The van der Waals surface area contributed by atoms with Crippen LogP contribution in [-0.2, 0) is 14.3 Å². The molecule has 1 unspecified atom stereocenters. The molecule has 0 spiro atoms. The van der Waals surface area contributed by atoms with Gasteiger partial charge in [-0.1, -0.05) is 0 Å².